The maximum Gasteiger partial charge on any atom is 0.225 e. The van der Waals surface area contributed by atoms with Crippen LogP contribution in [0.3, 0.4) is 0 Å². The van der Waals surface area contributed by atoms with E-state index in [-0.39, 0.29) is 24.3 Å². The number of hydrogen-bond acceptors (Lipinski definition) is 4. The zero-order valence-corrected chi connectivity index (χ0v) is 12.6. The van der Waals surface area contributed by atoms with Crippen molar-refractivity contribution in [1.29, 1.82) is 0 Å². The van der Waals surface area contributed by atoms with Gasteiger partial charge in [-0.05, 0) is 33.9 Å². The number of likely N-dealkylation sites (N-methyl/N-ethyl adjacent to an activating group) is 1. The Labute approximate surface area is 120 Å². The van der Waals surface area contributed by atoms with E-state index in [4.69, 9.17) is 0 Å². The first kappa shape index (κ1) is 15.3. The van der Waals surface area contributed by atoms with Gasteiger partial charge in [0.25, 0.3) is 0 Å². The molecule has 2 atom stereocenters. The van der Waals surface area contributed by atoms with Gasteiger partial charge < -0.3 is 20.2 Å². The van der Waals surface area contributed by atoms with Crippen LogP contribution in [0.4, 0.5) is 0 Å². The summed E-state index contributed by atoms with van der Waals surface area (Å²) in [5, 5.41) is 12.9. The number of rotatable bonds is 6. The number of carbonyl (C=O) groups excluding carboxylic acids is 2. The van der Waals surface area contributed by atoms with Crippen LogP contribution in [-0.2, 0) is 9.59 Å². The van der Waals surface area contributed by atoms with Gasteiger partial charge >= 0.3 is 0 Å². The third-order valence-electron chi connectivity index (χ3n) is 3.82. The Morgan fingerprint density at radius 2 is 2.15 bits per heavy atom. The molecule has 1 saturated carbocycles. The lowest BCUT2D eigenvalue weighted by molar-refractivity contribution is -0.129. The Bertz CT molecular complexity index is 391. The molecule has 1 heterocycles. The quantitative estimate of drug-likeness (QED) is 0.684. The van der Waals surface area contributed by atoms with Crippen LogP contribution in [0, 0.1) is 5.92 Å². The molecule has 20 heavy (non-hydrogen) atoms. The second-order valence-corrected chi connectivity index (χ2v) is 6.63. The number of nitrogens with one attached hydrogen (secondary N) is 1. The minimum absolute atomic E-state index is 0.0905. The van der Waals surface area contributed by atoms with Crippen LogP contribution in [-0.4, -0.2) is 72.1 Å². The lowest BCUT2D eigenvalue weighted by Gasteiger charge is -2.27. The fourth-order valence-corrected chi connectivity index (χ4v) is 2.81. The Hall–Kier alpha value is -1.14. The lowest BCUT2D eigenvalue weighted by atomic mass is 10.0. The third kappa shape index (κ3) is 3.93. The van der Waals surface area contributed by atoms with E-state index in [9.17, 15) is 14.7 Å². The SMILES string of the molecule is CN(C)CC(C)(O)CNC(=O)C1CC(=O)N(C2CC2)C1. The van der Waals surface area contributed by atoms with Gasteiger partial charge in [0.2, 0.25) is 11.8 Å². The van der Waals surface area contributed by atoms with E-state index in [1.54, 1.807) is 6.92 Å². The van der Waals surface area contributed by atoms with Crippen LogP contribution in [0.5, 0.6) is 0 Å². The van der Waals surface area contributed by atoms with Gasteiger partial charge in [0.15, 0.2) is 0 Å². The number of aliphatic hydroxyl groups is 1. The normalized spacial score (nSPS) is 25.9. The summed E-state index contributed by atoms with van der Waals surface area (Å²) >= 11 is 0. The Morgan fingerprint density at radius 3 is 2.70 bits per heavy atom. The van der Waals surface area contributed by atoms with Crippen LogP contribution < -0.4 is 5.32 Å². The maximum atomic E-state index is 12.1. The Balaban J connectivity index is 1.79. The van der Waals surface area contributed by atoms with Crippen molar-refractivity contribution in [3.8, 4) is 0 Å². The summed E-state index contributed by atoms with van der Waals surface area (Å²) in [6.07, 6.45) is 2.44. The highest BCUT2D eigenvalue weighted by atomic mass is 16.3. The zero-order chi connectivity index (χ0) is 14.9. The van der Waals surface area contributed by atoms with Gasteiger partial charge in [-0.3, -0.25) is 9.59 Å². The lowest BCUT2D eigenvalue weighted by Crippen LogP contribution is -2.48. The van der Waals surface area contributed by atoms with E-state index >= 15 is 0 Å². The Kier molecular flexibility index (Phi) is 4.34. The Morgan fingerprint density at radius 1 is 1.50 bits per heavy atom. The first-order valence-electron chi connectivity index (χ1n) is 7.23. The highest BCUT2D eigenvalue weighted by molar-refractivity contribution is 5.89. The molecule has 2 amide bonds. The maximum absolute atomic E-state index is 12.1. The fourth-order valence-electron chi connectivity index (χ4n) is 2.81. The average molecular weight is 283 g/mol. The van der Waals surface area contributed by atoms with Gasteiger partial charge in [-0.15, -0.1) is 0 Å². The first-order chi connectivity index (χ1) is 9.28. The largest absolute Gasteiger partial charge is 0.387 e. The highest BCUT2D eigenvalue weighted by Crippen LogP contribution is 2.32. The fraction of sp³-hybridized carbons (Fsp3) is 0.857. The third-order valence-corrected chi connectivity index (χ3v) is 3.82. The van der Waals surface area contributed by atoms with Crippen LogP contribution in [0.15, 0.2) is 0 Å². The van der Waals surface area contributed by atoms with Crippen LogP contribution in [0.25, 0.3) is 0 Å². The summed E-state index contributed by atoms with van der Waals surface area (Å²) < 4.78 is 0. The number of hydrogen-bond donors (Lipinski definition) is 2. The smallest absolute Gasteiger partial charge is 0.225 e. The van der Waals surface area contributed by atoms with E-state index in [1.807, 2.05) is 23.9 Å². The molecule has 0 radical (unpaired) electrons. The molecule has 6 heteroatoms. The zero-order valence-electron chi connectivity index (χ0n) is 12.6. The van der Waals surface area contributed by atoms with Crippen molar-refractivity contribution in [2.75, 3.05) is 33.7 Å². The average Bonchev–Trinajstić information content (AvgIpc) is 3.08. The number of likely N-dealkylation sites (tertiary alicyclic amines) is 1. The molecule has 2 fully saturated rings. The second-order valence-electron chi connectivity index (χ2n) is 6.63. The molecule has 2 unspecified atom stereocenters. The first-order valence-corrected chi connectivity index (χ1v) is 7.23. The van der Waals surface area contributed by atoms with Crippen molar-refractivity contribution < 1.29 is 14.7 Å². The summed E-state index contributed by atoms with van der Waals surface area (Å²) in [6.45, 7) is 2.91. The predicted octanol–water partition coefficient (Wildman–Crippen LogP) is -0.574. The van der Waals surface area contributed by atoms with Crippen molar-refractivity contribution in [3.63, 3.8) is 0 Å². The van der Waals surface area contributed by atoms with Gasteiger partial charge in [0, 0.05) is 32.1 Å². The molecule has 0 aromatic heterocycles. The van der Waals surface area contributed by atoms with Gasteiger partial charge in [-0.2, -0.15) is 0 Å². The summed E-state index contributed by atoms with van der Waals surface area (Å²) in [5.74, 6) is -0.300. The van der Waals surface area contributed by atoms with Crippen LogP contribution in [0.1, 0.15) is 26.2 Å². The summed E-state index contributed by atoms with van der Waals surface area (Å²) in [5.41, 5.74) is -0.960. The van der Waals surface area contributed by atoms with Gasteiger partial charge in [-0.25, -0.2) is 0 Å². The number of carbonyl (C=O) groups is 2. The molecule has 0 spiro atoms. The standard InChI is InChI=1S/C14H25N3O3/c1-14(20,9-16(2)3)8-15-13(19)10-6-12(18)17(7-10)11-4-5-11/h10-11,20H,4-9H2,1-3H3,(H,15,19). The van der Waals surface area contributed by atoms with Crippen molar-refractivity contribution in [2.45, 2.75) is 37.8 Å². The van der Waals surface area contributed by atoms with E-state index in [0.717, 1.165) is 12.8 Å². The molecule has 2 rings (SSSR count). The highest BCUT2D eigenvalue weighted by Gasteiger charge is 2.41. The summed E-state index contributed by atoms with van der Waals surface area (Å²) in [7, 11) is 3.75. The van der Waals surface area contributed by atoms with E-state index in [2.05, 4.69) is 5.32 Å². The molecule has 0 aromatic rings. The van der Waals surface area contributed by atoms with Crippen molar-refractivity contribution in [1.82, 2.24) is 15.1 Å². The molecule has 1 aliphatic carbocycles. The molecule has 1 saturated heterocycles. The second kappa shape index (κ2) is 5.69. The molecule has 6 nitrogen and oxygen atoms in total. The van der Waals surface area contributed by atoms with Crippen molar-refractivity contribution in [3.05, 3.63) is 0 Å². The minimum atomic E-state index is -0.960. The molecular weight excluding hydrogens is 258 g/mol. The van der Waals surface area contributed by atoms with Crippen molar-refractivity contribution >= 4 is 11.8 Å². The van der Waals surface area contributed by atoms with Gasteiger partial charge in [0.05, 0.1) is 11.5 Å². The molecule has 0 aromatic carbocycles. The topological polar surface area (TPSA) is 72.9 Å². The minimum Gasteiger partial charge on any atom is -0.387 e. The monoisotopic (exact) mass is 283 g/mol. The molecule has 2 N–H and O–H groups in total. The van der Waals surface area contributed by atoms with Gasteiger partial charge in [-0.1, -0.05) is 0 Å². The van der Waals surface area contributed by atoms with Gasteiger partial charge in [0.1, 0.15) is 0 Å². The van der Waals surface area contributed by atoms with E-state index in [1.165, 1.54) is 0 Å². The summed E-state index contributed by atoms with van der Waals surface area (Å²) in [4.78, 5) is 27.6. The van der Waals surface area contributed by atoms with E-state index < -0.39 is 5.60 Å². The van der Waals surface area contributed by atoms with Crippen molar-refractivity contribution in [2.24, 2.45) is 5.92 Å². The molecule has 1 aliphatic heterocycles. The van der Waals surface area contributed by atoms with Crippen LogP contribution in [0.2, 0.25) is 0 Å². The molecule has 114 valence electrons. The number of nitrogens with zero attached hydrogens (tertiary/aromatic N) is 2. The summed E-state index contributed by atoms with van der Waals surface area (Å²) in [6, 6.07) is 0.372. The molecule has 0 bridgehead atoms. The molecule has 2 aliphatic rings. The predicted molar refractivity (Wildman–Crippen MR) is 75.0 cm³/mol. The van der Waals surface area contributed by atoms with E-state index in [0.29, 0.717) is 25.6 Å². The van der Waals surface area contributed by atoms with Crippen LogP contribution >= 0.6 is 0 Å². The molecular formula is C14H25N3O3. The number of amides is 2.